The normalized spacial score (nSPS) is 12.7. The van der Waals surface area contributed by atoms with Crippen LogP contribution in [0.2, 0.25) is 5.02 Å². The Bertz CT molecular complexity index is 470. The van der Waals surface area contributed by atoms with E-state index in [4.69, 9.17) is 21.8 Å². The average molecular weight is 240 g/mol. The Hall–Kier alpha value is -1.32. The lowest BCUT2D eigenvalue weighted by atomic mass is 10.0. The first-order chi connectivity index (χ1) is 7.66. The largest absolute Gasteiger partial charge is 0.472 e. The maximum atomic E-state index is 13.5. The van der Waals surface area contributed by atoms with Crippen LogP contribution >= 0.6 is 11.6 Å². The molecule has 1 atom stereocenters. The molecule has 0 saturated heterocycles. The summed E-state index contributed by atoms with van der Waals surface area (Å²) in [6.45, 7) is 0. The van der Waals surface area contributed by atoms with Gasteiger partial charge in [0, 0.05) is 16.6 Å². The molecule has 2 rings (SSSR count). The van der Waals surface area contributed by atoms with Crippen molar-refractivity contribution in [3.8, 4) is 0 Å². The van der Waals surface area contributed by atoms with Gasteiger partial charge in [-0.05, 0) is 36.2 Å². The Labute approximate surface area is 97.8 Å². The summed E-state index contributed by atoms with van der Waals surface area (Å²) < 4.78 is 18.4. The van der Waals surface area contributed by atoms with E-state index in [9.17, 15) is 4.39 Å². The van der Waals surface area contributed by atoms with E-state index >= 15 is 0 Å². The summed E-state index contributed by atoms with van der Waals surface area (Å²) in [6.07, 6.45) is 3.69. The predicted molar refractivity (Wildman–Crippen MR) is 60.8 cm³/mol. The number of benzene rings is 1. The van der Waals surface area contributed by atoms with Crippen LogP contribution < -0.4 is 5.73 Å². The van der Waals surface area contributed by atoms with Crippen LogP contribution in [0.25, 0.3) is 0 Å². The molecule has 1 unspecified atom stereocenters. The fraction of sp³-hybridized carbons (Fsp3) is 0.167. The minimum absolute atomic E-state index is 0.333. The topological polar surface area (TPSA) is 39.2 Å². The molecule has 0 fully saturated rings. The number of hydrogen-bond donors (Lipinski definition) is 1. The minimum Gasteiger partial charge on any atom is -0.472 e. The molecule has 4 heteroatoms. The zero-order valence-electron chi connectivity index (χ0n) is 8.49. The highest BCUT2D eigenvalue weighted by atomic mass is 35.5. The molecule has 0 radical (unpaired) electrons. The Balaban J connectivity index is 2.20. The van der Waals surface area contributed by atoms with Gasteiger partial charge >= 0.3 is 0 Å². The van der Waals surface area contributed by atoms with Crippen LogP contribution in [0, 0.1) is 5.82 Å². The van der Waals surface area contributed by atoms with Crippen molar-refractivity contribution in [1.29, 1.82) is 0 Å². The minimum atomic E-state index is -0.420. The molecule has 2 N–H and O–H groups in total. The van der Waals surface area contributed by atoms with Crippen LogP contribution in [0.3, 0.4) is 0 Å². The summed E-state index contributed by atoms with van der Waals surface area (Å²) in [7, 11) is 0. The average Bonchev–Trinajstić information content (AvgIpc) is 2.74. The molecule has 0 bridgehead atoms. The van der Waals surface area contributed by atoms with E-state index in [1.165, 1.54) is 12.1 Å². The smallest absolute Gasteiger partial charge is 0.128 e. The molecular formula is C12H11ClFNO. The lowest BCUT2D eigenvalue weighted by molar-refractivity contribution is 0.556. The van der Waals surface area contributed by atoms with E-state index in [-0.39, 0.29) is 5.82 Å². The van der Waals surface area contributed by atoms with Gasteiger partial charge in [0.05, 0.1) is 12.5 Å². The maximum absolute atomic E-state index is 13.5. The van der Waals surface area contributed by atoms with Crippen LogP contribution in [0.15, 0.2) is 41.2 Å². The molecule has 84 valence electrons. The predicted octanol–water partition coefficient (Wildman–Crippen LogP) is 3.31. The third-order valence-electron chi connectivity index (χ3n) is 2.39. The summed E-state index contributed by atoms with van der Waals surface area (Å²) in [4.78, 5) is 0. The van der Waals surface area contributed by atoms with Crippen LogP contribution in [0.1, 0.15) is 17.2 Å². The zero-order chi connectivity index (χ0) is 11.5. The first-order valence-corrected chi connectivity index (χ1v) is 5.26. The molecule has 2 nitrogen and oxygen atoms in total. The Morgan fingerprint density at radius 3 is 2.88 bits per heavy atom. The third kappa shape index (κ3) is 2.43. The van der Waals surface area contributed by atoms with Gasteiger partial charge in [-0.2, -0.15) is 0 Å². The molecule has 2 aromatic rings. The van der Waals surface area contributed by atoms with Gasteiger partial charge in [-0.3, -0.25) is 0 Å². The summed E-state index contributed by atoms with van der Waals surface area (Å²) >= 11 is 5.80. The Morgan fingerprint density at radius 1 is 1.38 bits per heavy atom. The highest BCUT2D eigenvalue weighted by molar-refractivity contribution is 6.30. The second-order valence-electron chi connectivity index (χ2n) is 3.61. The van der Waals surface area contributed by atoms with Gasteiger partial charge in [0.2, 0.25) is 0 Å². The molecule has 1 heterocycles. The lowest BCUT2D eigenvalue weighted by Crippen LogP contribution is -2.14. The van der Waals surface area contributed by atoms with Crippen molar-refractivity contribution in [3.63, 3.8) is 0 Å². The van der Waals surface area contributed by atoms with Gasteiger partial charge in [-0.15, -0.1) is 0 Å². The summed E-state index contributed by atoms with van der Waals surface area (Å²) in [5, 5.41) is 0.485. The third-order valence-corrected chi connectivity index (χ3v) is 2.63. The van der Waals surface area contributed by atoms with E-state index in [0.717, 1.165) is 5.56 Å². The highest BCUT2D eigenvalue weighted by Gasteiger charge is 2.13. The second-order valence-corrected chi connectivity index (χ2v) is 4.04. The van der Waals surface area contributed by atoms with E-state index in [1.807, 2.05) is 6.07 Å². The number of hydrogen-bond acceptors (Lipinski definition) is 2. The van der Waals surface area contributed by atoms with Gasteiger partial charge in [0.15, 0.2) is 0 Å². The van der Waals surface area contributed by atoms with Crippen molar-refractivity contribution < 1.29 is 8.81 Å². The van der Waals surface area contributed by atoms with Crippen molar-refractivity contribution in [2.75, 3.05) is 0 Å². The number of furan rings is 1. The van der Waals surface area contributed by atoms with Crippen molar-refractivity contribution in [1.82, 2.24) is 0 Å². The molecule has 0 aliphatic carbocycles. The van der Waals surface area contributed by atoms with Gasteiger partial charge in [0.25, 0.3) is 0 Å². The van der Waals surface area contributed by atoms with Gasteiger partial charge in [0.1, 0.15) is 5.82 Å². The number of rotatable bonds is 3. The summed E-state index contributed by atoms with van der Waals surface area (Å²) in [6, 6.07) is 5.78. The fourth-order valence-corrected chi connectivity index (χ4v) is 1.75. The van der Waals surface area contributed by atoms with Crippen molar-refractivity contribution in [2.45, 2.75) is 12.5 Å². The first-order valence-electron chi connectivity index (χ1n) is 4.88. The van der Waals surface area contributed by atoms with E-state index < -0.39 is 6.04 Å². The van der Waals surface area contributed by atoms with Crippen LogP contribution in [0.4, 0.5) is 4.39 Å². The van der Waals surface area contributed by atoms with Crippen molar-refractivity contribution in [3.05, 3.63) is 58.8 Å². The SMILES string of the molecule is NC(Cc1ccoc1)c1cc(Cl)ccc1F. The first kappa shape index (κ1) is 11.2. The fourth-order valence-electron chi connectivity index (χ4n) is 1.57. The lowest BCUT2D eigenvalue weighted by Gasteiger charge is -2.12. The standard InChI is InChI=1S/C12H11ClFNO/c13-9-1-2-11(14)10(6-9)12(15)5-8-3-4-16-7-8/h1-4,6-7,12H,5,15H2. The number of nitrogens with two attached hydrogens (primary N) is 1. The molecule has 1 aromatic carbocycles. The maximum Gasteiger partial charge on any atom is 0.128 e. The Kier molecular flexibility index (Phi) is 3.27. The quantitative estimate of drug-likeness (QED) is 0.893. The second kappa shape index (κ2) is 4.68. The van der Waals surface area contributed by atoms with Gasteiger partial charge < -0.3 is 10.2 Å². The molecule has 1 aromatic heterocycles. The van der Waals surface area contributed by atoms with E-state index in [0.29, 0.717) is 17.0 Å². The molecule has 0 spiro atoms. The highest BCUT2D eigenvalue weighted by Crippen LogP contribution is 2.22. The molecule has 0 amide bonds. The molecule has 0 aliphatic rings. The van der Waals surface area contributed by atoms with E-state index in [2.05, 4.69) is 0 Å². The van der Waals surface area contributed by atoms with Crippen LogP contribution in [-0.4, -0.2) is 0 Å². The van der Waals surface area contributed by atoms with E-state index in [1.54, 1.807) is 18.6 Å². The molecule has 0 saturated carbocycles. The van der Waals surface area contributed by atoms with Crippen LogP contribution in [0.5, 0.6) is 0 Å². The summed E-state index contributed by atoms with van der Waals surface area (Å²) in [5.41, 5.74) is 7.28. The van der Waals surface area contributed by atoms with Crippen LogP contribution in [-0.2, 0) is 6.42 Å². The monoisotopic (exact) mass is 239 g/mol. The molecule has 16 heavy (non-hydrogen) atoms. The van der Waals surface area contributed by atoms with Gasteiger partial charge in [-0.1, -0.05) is 11.6 Å². The Morgan fingerprint density at radius 2 is 2.19 bits per heavy atom. The molecule has 0 aliphatic heterocycles. The van der Waals surface area contributed by atoms with Gasteiger partial charge in [-0.25, -0.2) is 4.39 Å². The zero-order valence-corrected chi connectivity index (χ0v) is 9.25. The van der Waals surface area contributed by atoms with Crippen molar-refractivity contribution in [2.24, 2.45) is 5.73 Å². The van der Waals surface area contributed by atoms with Crippen molar-refractivity contribution >= 4 is 11.6 Å². The molecular weight excluding hydrogens is 229 g/mol. The number of halogens is 2. The summed E-state index contributed by atoms with van der Waals surface area (Å²) in [5.74, 6) is -0.333.